The predicted octanol–water partition coefficient (Wildman–Crippen LogP) is -0.232. The van der Waals surface area contributed by atoms with Crippen LogP contribution < -0.4 is 16.8 Å². The maximum absolute atomic E-state index is 6.32. The molecule has 78 valence electrons. The Hall–Kier alpha value is -0.640. The van der Waals surface area contributed by atoms with Crippen molar-refractivity contribution in [3.63, 3.8) is 0 Å². The van der Waals surface area contributed by atoms with E-state index in [1.54, 1.807) is 0 Å². The summed E-state index contributed by atoms with van der Waals surface area (Å²) in [5.74, 6) is 0.576. The van der Waals surface area contributed by atoms with Gasteiger partial charge in [-0.25, -0.2) is 0 Å². The van der Waals surface area contributed by atoms with Crippen molar-refractivity contribution in [2.24, 2.45) is 11.7 Å². The number of allylic oxidation sites excluding steroid dienone is 1. The predicted molar refractivity (Wildman–Crippen MR) is 57.2 cm³/mol. The molecule has 0 aromatic carbocycles. The van der Waals surface area contributed by atoms with Crippen molar-refractivity contribution in [1.29, 1.82) is 0 Å². The minimum absolute atomic E-state index is 0.125. The molecule has 2 unspecified atom stereocenters. The summed E-state index contributed by atoms with van der Waals surface area (Å²) in [5, 5.41) is 3.26. The highest BCUT2D eigenvalue weighted by Crippen LogP contribution is 2.49. The first-order chi connectivity index (χ1) is 6.50. The molecular weight excluding hydrogens is 174 g/mol. The molecule has 2 aliphatic carbocycles. The number of fused-ring (bicyclic) bond motifs is 1. The van der Waals surface area contributed by atoms with E-state index in [4.69, 9.17) is 5.73 Å². The van der Waals surface area contributed by atoms with Gasteiger partial charge >= 0.3 is 0 Å². The number of nitrogens with one attached hydrogen (secondary N) is 1. The summed E-state index contributed by atoms with van der Waals surface area (Å²) in [4.78, 5) is 0. The highest BCUT2D eigenvalue weighted by atomic mass is 15.1. The van der Waals surface area contributed by atoms with Crippen molar-refractivity contribution in [2.75, 3.05) is 7.05 Å². The maximum atomic E-state index is 6.32. The Morgan fingerprint density at radius 1 is 1.64 bits per heavy atom. The molecule has 0 aromatic heterocycles. The average molecular weight is 194 g/mol. The van der Waals surface area contributed by atoms with Gasteiger partial charge in [0.25, 0.3) is 0 Å². The number of hydrogen-bond acceptors (Lipinski definition) is 2. The third-order valence-corrected chi connectivity index (χ3v) is 3.45. The van der Waals surface area contributed by atoms with Gasteiger partial charge in [0.2, 0.25) is 0 Å². The summed E-state index contributed by atoms with van der Waals surface area (Å²) >= 11 is 0. The number of rotatable bonds is 2. The second-order valence-corrected chi connectivity index (χ2v) is 4.75. The van der Waals surface area contributed by atoms with Crippen molar-refractivity contribution in [2.45, 2.75) is 31.8 Å². The molecule has 0 aliphatic heterocycles. The Labute approximate surface area is 85.2 Å². The zero-order chi connectivity index (χ0) is 10.5. The zero-order valence-electron chi connectivity index (χ0n) is 9.22. The second kappa shape index (κ2) is 2.92. The van der Waals surface area contributed by atoms with Crippen LogP contribution in [0.15, 0.2) is 22.9 Å². The van der Waals surface area contributed by atoms with Gasteiger partial charge in [-0.2, -0.15) is 0 Å². The number of hydrogen-bond donors (Lipinski definition) is 3. The minimum atomic E-state index is -0.125. The molecule has 2 aliphatic rings. The standard InChI is InChI=1S/C11H19N3/c1-6(2)7-4-8(12)9-10(14-3)11(9,13)5-7/h4,6,10,14H,5,12-13H2,1-3H3/p+1. The van der Waals surface area contributed by atoms with Crippen LogP contribution >= 0.6 is 0 Å². The highest BCUT2D eigenvalue weighted by molar-refractivity contribution is 5.57. The van der Waals surface area contributed by atoms with Crippen molar-refractivity contribution >= 4 is 0 Å². The lowest BCUT2D eigenvalue weighted by atomic mass is 9.90. The number of likely N-dealkylation sites (N-methyl/N-ethyl adjacent to an activating group) is 1. The van der Waals surface area contributed by atoms with Crippen LogP contribution in [0.25, 0.3) is 0 Å². The highest BCUT2D eigenvalue weighted by Gasteiger charge is 2.60. The van der Waals surface area contributed by atoms with Crippen molar-refractivity contribution < 1.29 is 5.73 Å². The molecule has 0 saturated heterocycles. The Bertz CT molecular complexity index is 327. The van der Waals surface area contributed by atoms with Gasteiger partial charge in [0, 0.05) is 5.57 Å². The van der Waals surface area contributed by atoms with Crippen LogP contribution in [0.4, 0.5) is 0 Å². The van der Waals surface area contributed by atoms with E-state index in [9.17, 15) is 0 Å². The summed E-state index contributed by atoms with van der Waals surface area (Å²) in [6.45, 7) is 4.43. The van der Waals surface area contributed by atoms with Crippen LogP contribution in [0.3, 0.4) is 0 Å². The van der Waals surface area contributed by atoms with Crippen LogP contribution in [0.5, 0.6) is 0 Å². The Morgan fingerprint density at radius 3 is 2.79 bits per heavy atom. The summed E-state index contributed by atoms with van der Waals surface area (Å²) < 4.78 is 0. The van der Waals surface area contributed by atoms with Gasteiger partial charge in [0.15, 0.2) is 0 Å². The molecule has 2 rings (SSSR count). The van der Waals surface area contributed by atoms with Gasteiger partial charge in [-0.15, -0.1) is 0 Å². The van der Waals surface area contributed by atoms with Gasteiger partial charge in [-0.1, -0.05) is 19.4 Å². The summed E-state index contributed by atoms with van der Waals surface area (Å²) in [5.41, 5.74) is 14.1. The molecule has 2 atom stereocenters. The third kappa shape index (κ3) is 1.16. The Balaban J connectivity index is 2.29. The summed E-state index contributed by atoms with van der Waals surface area (Å²) in [6.07, 6.45) is 3.20. The zero-order valence-corrected chi connectivity index (χ0v) is 9.22. The van der Waals surface area contributed by atoms with Gasteiger partial charge < -0.3 is 16.8 Å². The van der Waals surface area contributed by atoms with Crippen molar-refractivity contribution in [1.82, 2.24) is 5.32 Å². The van der Waals surface area contributed by atoms with Crippen LogP contribution in [-0.2, 0) is 0 Å². The quantitative estimate of drug-likeness (QED) is 0.568. The lowest BCUT2D eigenvalue weighted by Gasteiger charge is -2.18. The summed E-state index contributed by atoms with van der Waals surface area (Å²) in [7, 11) is 1.97. The maximum Gasteiger partial charge on any atom is 0.130 e. The molecule has 0 spiro atoms. The first kappa shape index (κ1) is 9.90. The molecule has 3 nitrogen and oxygen atoms in total. The second-order valence-electron chi connectivity index (χ2n) is 4.75. The molecule has 0 radical (unpaired) electrons. The van der Waals surface area contributed by atoms with Gasteiger partial charge in [0.05, 0.1) is 11.6 Å². The van der Waals surface area contributed by atoms with Crippen molar-refractivity contribution in [3.8, 4) is 0 Å². The Kier molecular flexibility index (Phi) is 2.07. The largest absolute Gasteiger partial charge is 0.325 e. The lowest BCUT2D eigenvalue weighted by Crippen LogP contribution is -2.48. The molecule has 3 heteroatoms. The lowest BCUT2D eigenvalue weighted by molar-refractivity contribution is -0.296. The van der Waals surface area contributed by atoms with Crippen LogP contribution in [-0.4, -0.2) is 18.6 Å². The van der Waals surface area contributed by atoms with Crippen LogP contribution in [0.2, 0.25) is 0 Å². The third-order valence-electron chi connectivity index (χ3n) is 3.45. The van der Waals surface area contributed by atoms with Gasteiger partial charge in [-0.05, 0) is 25.5 Å². The topological polar surface area (TPSA) is 65.7 Å². The molecule has 14 heavy (non-hydrogen) atoms. The van der Waals surface area contributed by atoms with E-state index in [0.29, 0.717) is 12.0 Å². The van der Waals surface area contributed by atoms with Gasteiger partial charge in [0.1, 0.15) is 5.70 Å². The molecule has 1 fully saturated rings. The van der Waals surface area contributed by atoms with E-state index in [1.165, 1.54) is 11.1 Å². The monoisotopic (exact) mass is 194 g/mol. The van der Waals surface area contributed by atoms with Gasteiger partial charge in [-0.3, -0.25) is 0 Å². The first-order valence-electron chi connectivity index (χ1n) is 5.24. The van der Waals surface area contributed by atoms with E-state index in [-0.39, 0.29) is 5.54 Å². The molecule has 6 N–H and O–H groups in total. The normalized spacial score (nSPS) is 35.9. The Morgan fingerprint density at radius 2 is 2.29 bits per heavy atom. The van der Waals surface area contributed by atoms with E-state index >= 15 is 0 Å². The number of quaternary nitrogens is 1. The molecular formula is C11H20N3+. The van der Waals surface area contributed by atoms with E-state index in [0.717, 1.165) is 12.1 Å². The smallest absolute Gasteiger partial charge is 0.130 e. The summed E-state index contributed by atoms with van der Waals surface area (Å²) in [6, 6.07) is 0.350. The van der Waals surface area contributed by atoms with Crippen molar-refractivity contribution in [3.05, 3.63) is 22.9 Å². The van der Waals surface area contributed by atoms with E-state index < -0.39 is 0 Å². The molecule has 0 aromatic rings. The fraction of sp³-hybridized carbons (Fsp3) is 0.636. The fourth-order valence-corrected chi connectivity index (χ4v) is 2.54. The fourth-order valence-electron chi connectivity index (χ4n) is 2.54. The molecule has 1 saturated carbocycles. The molecule has 0 amide bonds. The molecule has 0 bridgehead atoms. The van der Waals surface area contributed by atoms with Crippen LogP contribution in [0.1, 0.15) is 20.3 Å². The minimum Gasteiger partial charge on any atom is -0.325 e. The van der Waals surface area contributed by atoms with E-state index in [2.05, 4.69) is 31.0 Å². The number of nitrogens with two attached hydrogens (primary N) is 1. The van der Waals surface area contributed by atoms with E-state index in [1.807, 2.05) is 7.05 Å². The molecule has 0 heterocycles. The first-order valence-corrected chi connectivity index (χ1v) is 5.24. The SMILES string of the molecule is CNC1C2=C([NH3+])C=C(C(C)C)CC21N. The average Bonchev–Trinajstić information content (AvgIpc) is 2.70. The van der Waals surface area contributed by atoms with Crippen LogP contribution in [0, 0.1) is 5.92 Å².